The van der Waals surface area contributed by atoms with Crippen LogP contribution in [0, 0.1) is 0 Å². The van der Waals surface area contributed by atoms with Gasteiger partial charge in [-0.25, -0.2) is 9.59 Å². The van der Waals surface area contributed by atoms with Gasteiger partial charge >= 0.3 is 12.0 Å². The summed E-state index contributed by atoms with van der Waals surface area (Å²) < 4.78 is 0. The van der Waals surface area contributed by atoms with Gasteiger partial charge in [0.15, 0.2) is 0 Å². The molecule has 3 N–H and O–H groups in total. The molecule has 0 bridgehead atoms. The largest absolute Gasteiger partial charge is 0.480 e. The molecule has 0 radical (unpaired) electrons. The van der Waals surface area contributed by atoms with Crippen LogP contribution < -0.4 is 10.6 Å². The van der Waals surface area contributed by atoms with E-state index in [1.54, 1.807) is 11.8 Å². The van der Waals surface area contributed by atoms with E-state index in [9.17, 15) is 14.7 Å². The summed E-state index contributed by atoms with van der Waals surface area (Å²) in [7, 11) is 0. The molecule has 0 saturated carbocycles. The van der Waals surface area contributed by atoms with Crippen LogP contribution >= 0.6 is 11.8 Å². The lowest BCUT2D eigenvalue weighted by Gasteiger charge is -2.16. The molecule has 0 aliphatic heterocycles. The molecule has 6 heteroatoms. The Balaban J connectivity index is 2.43. The summed E-state index contributed by atoms with van der Waals surface area (Å²) in [6, 6.07) is 7.88. The topological polar surface area (TPSA) is 78.4 Å². The van der Waals surface area contributed by atoms with E-state index in [1.807, 2.05) is 36.6 Å². The molecule has 0 heterocycles. The smallest absolute Gasteiger partial charge is 0.326 e. The lowest BCUT2D eigenvalue weighted by molar-refractivity contribution is -0.139. The molecule has 1 aromatic carbocycles. The van der Waals surface area contributed by atoms with Gasteiger partial charge in [0, 0.05) is 18.2 Å². The van der Waals surface area contributed by atoms with Crippen LogP contribution in [-0.4, -0.2) is 41.2 Å². The third kappa shape index (κ3) is 7.04. The van der Waals surface area contributed by atoms with Crippen LogP contribution in [0.2, 0.25) is 0 Å². The van der Waals surface area contributed by atoms with Crippen molar-refractivity contribution in [3.05, 3.63) is 35.9 Å². The number of amides is 2. The summed E-state index contributed by atoms with van der Waals surface area (Å²) in [4.78, 5) is 22.9. The summed E-state index contributed by atoms with van der Waals surface area (Å²) in [5.74, 6) is -1.04. The Morgan fingerprint density at radius 3 is 2.52 bits per heavy atom. The van der Waals surface area contributed by atoms with E-state index in [2.05, 4.69) is 17.6 Å². The fourth-order valence-electron chi connectivity index (χ4n) is 1.77. The minimum Gasteiger partial charge on any atom is -0.480 e. The van der Waals surface area contributed by atoms with E-state index in [0.717, 1.165) is 12.0 Å². The summed E-state index contributed by atoms with van der Waals surface area (Å²) in [5.41, 5.74) is 0.876. The highest BCUT2D eigenvalue weighted by Crippen LogP contribution is 2.08. The van der Waals surface area contributed by atoms with Gasteiger partial charge in [-0.3, -0.25) is 0 Å². The van der Waals surface area contributed by atoms with E-state index in [0.29, 0.717) is 11.8 Å². The Hall–Kier alpha value is -1.69. The quantitative estimate of drug-likeness (QED) is 0.687. The third-order valence-electron chi connectivity index (χ3n) is 3.12. The molecule has 0 fully saturated rings. The second kappa shape index (κ2) is 9.28. The van der Waals surface area contributed by atoms with Gasteiger partial charge in [-0.1, -0.05) is 37.3 Å². The summed E-state index contributed by atoms with van der Waals surface area (Å²) in [6.07, 6.45) is 3.14. The van der Waals surface area contributed by atoms with Crippen molar-refractivity contribution in [2.45, 2.75) is 31.1 Å². The van der Waals surface area contributed by atoms with Crippen molar-refractivity contribution in [3.8, 4) is 0 Å². The van der Waals surface area contributed by atoms with Gasteiger partial charge in [-0.15, -0.1) is 0 Å². The molecule has 1 rings (SSSR count). The van der Waals surface area contributed by atoms with E-state index in [-0.39, 0.29) is 6.42 Å². The number of hydrogen-bond donors (Lipinski definition) is 3. The SMILES string of the molecule is CSC(C)CCNC(=O)N[C@@H](Cc1ccccc1)C(=O)O. The van der Waals surface area contributed by atoms with Gasteiger partial charge in [-0.05, 0) is 18.2 Å². The number of aliphatic carboxylic acids is 1. The lowest BCUT2D eigenvalue weighted by Crippen LogP contribution is -2.47. The van der Waals surface area contributed by atoms with Crippen LogP contribution in [0.3, 0.4) is 0 Å². The van der Waals surface area contributed by atoms with Crippen LogP contribution in [0.25, 0.3) is 0 Å². The number of thioether (sulfide) groups is 1. The Kier molecular flexibility index (Phi) is 7.68. The molecule has 0 aromatic heterocycles. The summed E-state index contributed by atoms with van der Waals surface area (Å²) in [5, 5.41) is 14.8. The van der Waals surface area contributed by atoms with E-state index in [4.69, 9.17) is 0 Å². The first-order chi connectivity index (χ1) is 10.0. The summed E-state index contributed by atoms with van der Waals surface area (Å²) >= 11 is 1.73. The molecule has 1 unspecified atom stereocenters. The van der Waals surface area contributed by atoms with Crippen molar-refractivity contribution >= 4 is 23.8 Å². The van der Waals surface area contributed by atoms with Crippen LogP contribution in [0.1, 0.15) is 18.9 Å². The number of benzene rings is 1. The Morgan fingerprint density at radius 2 is 1.95 bits per heavy atom. The van der Waals surface area contributed by atoms with Gasteiger partial charge in [0.05, 0.1) is 0 Å². The van der Waals surface area contributed by atoms with Crippen LogP contribution in [-0.2, 0) is 11.2 Å². The zero-order valence-corrected chi connectivity index (χ0v) is 13.2. The number of hydrogen-bond acceptors (Lipinski definition) is 3. The zero-order valence-electron chi connectivity index (χ0n) is 12.3. The van der Waals surface area contributed by atoms with Crippen molar-refractivity contribution < 1.29 is 14.7 Å². The van der Waals surface area contributed by atoms with Gasteiger partial charge in [0.2, 0.25) is 0 Å². The molecule has 0 saturated heterocycles. The number of rotatable bonds is 8. The van der Waals surface area contributed by atoms with E-state index >= 15 is 0 Å². The predicted molar refractivity (Wildman–Crippen MR) is 85.7 cm³/mol. The minimum absolute atomic E-state index is 0.269. The lowest BCUT2D eigenvalue weighted by atomic mass is 10.1. The Labute approximate surface area is 129 Å². The monoisotopic (exact) mass is 310 g/mol. The number of carbonyl (C=O) groups excluding carboxylic acids is 1. The fraction of sp³-hybridized carbons (Fsp3) is 0.467. The first-order valence-corrected chi connectivity index (χ1v) is 8.15. The van der Waals surface area contributed by atoms with Crippen LogP contribution in [0.15, 0.2) is 30.3 Å². The molecule has 1 aromatic rings. The maximum atomic E-state index is 11.7. The molecule has 0 aliphatic rings. The number of carbonyl (C=O) groups is 2. The zero-order chi connectivity index (χ0) is 15.7. The first kappa shape index (κ1) is 17.4. The van der Waals surface area contributed by atoms with Gasteiger partial charge < -0.3 is 15.7 Å². The highest BCUT2D eigenvalue weighted by Gasteiger charge is 2.20. The molecule has 0 aliphatic carbocycles. The molecular weight excluding hydrogens is 288 g/mol. The molecular formula is C15H22N2O3S. The van der Waals surface area contributed by atoms with Crippen molar-refractivity contribution in [2.24, 2.45) is 0 Å². The normalized spacial score (nSPS) is 13.2. The van der Waals surface area contributed by atoms with Crippen molar-refractivity contribution in [3.63, 3.8) is 0 Å². The average molecular weight is 310 g/mol. The number of urea groups is 1. The van der Waals surface area contributed by atoms with Gasteiger partial charge in [-0.2, -0.15) is 11.8 Å². The van der Waals surface area contributed by atoms with Crippen LogP contribution in [0.5, 0.6) is 0 Å². The number of carboxylic acid groups (broad SMARTS) is 1. The van der Waals surface area contributed by atoms with Crippen LogP contribution in [0.4, 0.5) is 4.79 Å². The predicted octanol–water partition coefficient (Wildman–Crippen LogP) is 2.12. The van der Waals surface area contributed by atoms with Gasteiger partial charge in [0.1, 0.15) is 6.04 Å². The number of nitrogens with one attached hydrogen (secondary N) is 2. The molecule has 0 spiro atoms. The maximum Gasteiger partial charge on any atom is 0.326 e. The fourth-order valence-corrected chi connectivity index (χ4v) is 2.12. The summed E-state index contributed by atoms with van der Waals surface area (Å²) in [6.45, 7) is 2.62. The second-order valence-corrected chi connectivity index (χ2v) is 6.09. The van der Waals surface area contributed by atoms with Crippen molar-refractivity contribution in [1.29, 1.82) is 0 Å². The Bertz CT molecular complexity index is 453. The Morgan fingerprint density at radius 1 is 1.29 bits per heavy atom. The average Bonchev–Trinajstić information content (AvgIpc) is 2.47. The van der Waals surface area contributed by atoms with Gasteiger partial charge in [0.25, 0.3) is 0 Å². The third-order valence-corrected chi connectivity index (χ3v) is 4.17. The van der Waals surface area contributed by atoms with Crippen molar-refractivity contribution in [1.82, 2.24) is 10.6 Å². The molecule has 2 atom stereocenters. The van der Waals surface area contributed by atoms with Crippen molar-refractivity contribution in [2.75, 3.05) is 12.8 Å². The molecule has 116 valence electrons. The minimum atomic E-state index is -1.04. The maximum absolute atomic E-state index is 11.7. The van der Waals surface area contributed by atoms with E-state index in [1.165, 1.54) is 0 Å². The highest BCUT2D eigenvalue weighted by molar-refractivity contribution is 7.99. The molecule has 21 heavy (non-hydrogen) atoms. The van der Waals surface area contributed by atoms with E-state index < -0.39 is 18.0 Å². The number of carboxylic acids is 1. The molecule has 2 amide bonds. The molecule has 5 nitrogen and oxygen atoms in total. The highest BCUT2D eigenvalue weighted by atomic mass is 32.2. The standard InChI is InChI=1S/C15H22N2O3S/c1-11(21-2)8-9-16-15(20)17-13(14(18)19)10-12-6-4-3-5-7-12/h3-7,11,13H,8-10H2,1-2H3,(H,18,19)(H2,16,17,20)/t11?,13-/m0/s1. The second-order valence-electron chi connectivity index (χ2n) is 4.82. The first-order valence-electron chi connectivity index (χ1n) is 6.86.